The average molecular weight is 247 g/mol. The first kappa shape index (κ1) is 13.4. The minimum atomic E-state index is 0.504. The molecule has 1 N–H and O–H groups in total. The first-order valence-corrected chi connectivity index (χ1v) is 6.95. The summed E-state index contributed by atoms with van der Waals surface area (Å²) in [6.45, 7) is 5.71. The maximum atomic E-state index is 5.25. The van der Waals surface area contributed by atoms with Crippen molar-refractivity contribution in [3.63, 3.8) is 0 Å². The van der Waals surface area contributed by atoms with E-state index in [0.717, 1.165) is 12.3 Å². The molecule has 1 atom stereocenters. The third kappa shape index (κ3) is 3.74. The van der Waals surface area contributed by atoms with Gasteiger partial charge in [0.15, 0.2) is 0 Å². The van der Waals surface area contributed by atoms with Gasteiger partial charge in [0, 0.05) is 12.6 Å². The highest BCUT2D eigenvalue weighted by molar-refractivity contribution is 5.28. The predicted octanol–water partition coefficient (Wildman–Crippen LogP) is 3.75. The molecule has 1 aliphatic rings. The molecule has 0 amide bonds. The number of benzene rings is 1. The molecule has 2 nitrogen and oxygen atoms in total. The normalized spacial score (nSPS) is 22.7. The van der Waals surface area contributed by atoms with E-state index < -0.39 is 0 Å². The first-order valence-electron chi connectivity index (χ1n) is 6.95. The second-order valence-corrected chi connectivity index (χ2v) is 6.19. The zero-order chi connectivity index (χ0) is 13.0. The fourth-order valence-electron chi connectivity index (χ4n) is 2.92. The quantitative estimate of drug-likeness (QED) is 0.875. The van der Waals surface area contributed by atoms with Gasteiger partial charge in [-0.05, 0) is 42.4 Å². The summed E-state index contributed by atoms with van der Waals surface area (Å²) in [5.74, 6) is 0.943. The van der Waals surface area contributed by atoms with E-state index in [9.17, 15) is 0 Å². The van der Waals surface area contributed by atoms with Crippen LogP contribution in [0.4, 0.5) is 0 Å². The highest BCUT2D eigenvalue weighted by atomic mass is 16.5. The number of nitrogens with one attached hydrogen (secondary N) is 1. The fraction of sp³-hybridized carbons (Fsp3) is 0.625. The fourth-order valence-corrected chi connectivity index (χ4v) is 2.92. The van der Waals surface area contributed by atoms with Crippen LogP contribution in [0, 0.1) is 5.41 Å². The SMILES string of the molecule is COc1cccc(CNC2CCCC(C)(C)C2)c1. The topological polar surface area (TPSA) is 21.3 Å². The summed E-state index contributed by atoms with van der Waals surface area (Å²) >= 11 is 0. The standard InChI is InChI=1S/C16H25NO/c1-16(2)9-5-7-14(11-16)17-12-13-6-4-8-15(10-13)18-3/h4,6,8,10,14,17H,5,7,9,11-12H2,1-3H3. The Morgan fingerprint density at radius 2 is 2.22 bits per heavy atom. The lowest BCUT2D eigenvalue weighted by Crippen LogP contribution is -2.36. The Kier molecular flexibility index (Phi) is 4.28. The Balaban J connectivity index is 1.87. The molecule has 1 aromatic rings. The zero-order valence-corrected chi connectivity index (χ0v) is 11.8. The summed E-state index contributed by atoms with van der Waals surface area (Å²) < 4.78 is 5.25. The van der Waals surface area contributed by atoms with E-state index >= 15 is 0 Å². The van der Waals surface area contributed by atoms with Gasteiger partial charge in [-0.2, -0.15) is 0 Å². The van der Waals surface area contributed by atoms with Crippen molar-refractivity contribution in [1.29, 1.82) is 0 Å². The van der Waals surface area contributed by atoms with Crippen LogP contribution in [0.2, 0.25) is 0 Å². The molecular formula is C16H25NO. The summed E-state index contributed by atoms with van der Waals surface area (Å²) in [7, 11) is 1.72. The summed E-state index contributed by atoms with van der Waals surface area (Å²) in [6, 6.07) is 8.98. The first-order chi connectivity index (χ1) is 8.59. The van der Waals surface area contributed by atoms with Gasteiger partial charge in [0.25, 0.3) is 0 Å². The molecule has 2 heteroatoms. The van der Waals surface area contributed by atoms with Gasteiger partial charge >= 0.3 is 0 Å². The molecule has 0 radical (unpaired) electrons. The van der Waals surface area contributed by atoms with Crippen molar-refractivity contribution >= 4 is 0 Å². The van der Waals surface area contributed by atoms with Gasteiger partial charge in [-0.3, -0.25) is 0 Å². The Labute approximate surface area is 111 Å². The Hall–Kier alpha value is -1.02. The van der Waals surface area contributed by atoms with Gasteiger partial charge in [-0.1, -0.05) is 32.4 Å². The molecule has 1 unspecified atom stereocenters. The van der Waals surface area contributed by atoms with Gasteiger partial charge < -0.3 is 10.1 Å². The molecule has 0 aromatic heterocycles. The van der Waals surface area contributed by atoms with Crippen LogP contribution in [0.3, 0.4) is 0 Å². The monoisotopic (exact) mass is 247 g/mol. The van der Waals surface area contributed by atoms with E-state index in [1.54, 1.807) is 7.11 Å². The number of rotatable bonds is 4. The molecule has 100 valence electrons. The lowest BCUT2D eigenvalue weighted by Gasteiger charge is -2.35. The number of methoxy groups -OCH3 is 1. The number of ether oxygens (including phenoxy) is 1. The minimum Gasteiger partial charge on any atom is -0.497 e. The Morgan fingerprint density at radius 3 is 2.94 bits per heavy atom. The van der Waals surface area contributed by atoms with E-state index in [1.807, 2.05) is 6.07 Å². The predicted molar refractivity (Wildman–Crippen MR) is 75.9 cm³/mol. The Morgan fingerprint density at radius 1 is 1.39 bits per heavy atom. The molecule has 0 aliphatic heterocycles. The van der Waals surface area contributed by atoms with E-state index in [-0.39, 0.29) is 0 Å². The third-order valence-electron chi connectivity index (χ3n) is 3.93. The molecule has 0 bridgehead atoms. The molecule has 1 aromatic carbocycles. The molecule has 18 heavy (non-hydrogen) atoms. The zero-order valence-electron chi connectivity index (χ0n) is 11.8. The van der Waals surface area contributed by atoms with Gasteiger partial charge in [0.2, 0.25) is 0 Å². The van der Waals surface area contributed by atoms with Crippen molar-refractivity contribution in [1.82, 2.24) is 5.32 Å². The molecule has 0 heterocycles. The Bertz CT molecular complexity index is 386. The van der Waals surface area contributed by atoms with Crippen LogP contribution in [0.25, 0.3) is 0 Å². The second-order valence-electron chi connectivity index (χ2n) is 6.19. The van der Waals surface area contributed by atoms with Crippen molar-refractivity contribution in [2.24, 2.45) is 5.41 Å². The van der Waals surface area contributed by atoms with Crippen LogP contribution >= 0.6 is 0 Å². The van der Waals surface area contributed by atoms with E-state index in [1.165, 1.54) is 31.2 Å². The lowest BCUT2D eigenvalue weighted by atomic mass is 9.75. The van der Waals surface area contributed by atoms with E-state index in [0.29, 0.717) is 11.5 Å². The van der Waals surface area contributed by atoms with Crippen molar-refractivity contribution < 1.29 is 4.74 Å². The highest BCUT2D eigenvalue weighted by Crippen LogP contribution is 2.35. The third-order valence-corrected chi connectivity index (χ3v) is 3.93. The largest absolute Gasteiger partial charge is 0.497 e. The lowest BCUT2D eigenvalue weighted by molar-refractivity contribution is 0.197. The molecule has 2 rings (SSSR count). The van der Waals surface area contributed by atoms with Crippen molar-refractivity contribution in [2.75, 3.05) is 7.11 Å². The smallest absolute Gasteiger partial charge is 0.119 e. The van der Waals surface area contributed by atoms with Crippen molar-refractivity contribution in [2.45, 2.75) is 52.1 Å². The van der Waals surface area contributed by atoms with Crippen LogP contribution in [0.5, 0.6) is 5.75 Å². The number of hydrogen-bond acceptors (Lipinski definition) is 2. The van der Waals surface area contributed by atoms with Crippen LogP contribution in [-0.2, 0) is 6.54 Å². The summed E-state index contributed by atoms with van der Waals surface area (Å²) in [5, 5.41) is 3.69. The number of hydrogen-bond donors (Lipinski definition) is 1. The summed E-state index contributed by atoms with van der Waals surface area (Å²) in [5.41, 5.74) is 1.81. The molecule has 1 saturated carbocycles. The van der Waals surface area contributed by atoms with Crippen LogP contribution in [0.1, 0.15) is 45.1 Å². The van der Waals surface area contributed by atoms with Crippen LogP contribution in [-0.4, -0.2) is 13.2 Å². The van der Waals surface area contributed by atoms with Crippen LogP contribution < -0.4 is 10.1 Å². The van der Waals surface area contributed by atoms with Crippen molar-refractivity contribution in [3.8, 4) is 5.75 Å². The van der Waals surface area contributed by atoms with Crippen molar-refractivity contribution in [3.05, 3.63) is 29.8 Å². The molecule has 0 spiro atoms. The minimum absolute atomic E-state index is 0.504. The van der Waals surface area contributed by atoms with Gasteiger partial charge in [0.05, 0.1) is 7.11 Å². The van der Waals surface area contributed by atoms with Gasteiger partial charge in [0.1, 0.15) is 5.75 Å². The van der Waals surface area contributed by atoms with Gasteiger partial charge in [-0.15, -0.1) is 0 Å². The van der Waals surface area contributed by atoms with Crippen LogP contribution in [0.15, 0.2) is 24.3 Å². The maximum Gasteiger partial charge on any atom is 0.119 e. The van der Waals surface area contributed by atoms with Gasteiger partial charge in [-0.25, -0.2) is 0 Å². The summed E-state index contributed by atoms with van der Waals surface area (Å²) in [4.78, 5) is 0. The maximum absolute atomic E-state index is 5.25. The molecule has 1 fully saturated rings. The molecule has 0 saturated heterocycles. The molecular weight excluding hydrogens is 222 g/mol. The average Bonchev–Trinajstić information content (AvgIpc) is 2.35. The summed E-state index contributed by atoms with van der Waals surface area (Å²) in [6.07, 6.45) is 5.32. The highest BCUT2D eigenvalue weighted by Gasteiger charge is 2.27. The van der Waals surface area contributed by atoms with E-state index in [2.05, 4.69) is 37.4 Å². The molecule has 1 aliphatic carbocycles. The second kappa shape index (κ2) is 5.75. The van der Waals surface area contributed by atoms with E-state index in [4.69, 9.17) is 4.74 Å².